The molecule has 0 unspecified atom stereocenters. The maximum atomic E-state index is 11.7. The molecule has 0 aliphatic rings. The molecule has 1 aromatic carbocycles. The van der Waals surface area contributed by atoms with Crippen LogP contribution in [0, 0.1) is 0 Å². The summed E-state index contributed by atoms with van der Waals surface area (Å²) in [6, 6.07) is 7.41. The van der Waals surface area contributed by atoms with E-state index in [0.29, 0.717) is 25.3 Å². The molecular formula is C12H19ClN2O2. The number of methoxy groups -OCH3 is 1. The van der Waals surface area contributed by atoms with Crippen molar-refractivity contribution in [3.8, 4) is 0 Å². The van der Waals surface area contributed by atoms with Gasteiger partial charge in [0.05, 0.1) is 6.61 Å². The largest absolute Gasteiger partial charge is 0.380 e. The van der Waals surface area contributed by atoms with Gasteiger partial charge in [0.2, 0.25) is 0 Å². The topological polar surface area (TPSA) is 64.3 Å². The maximum Gasteiger partial charge on any atom is 0.251 e. The second-order valence-electron chi connectivity index (χ2n) is 3.53. The molecule has 1 amide bonds. The Labute approximate surface area is 108 Å². The molecule has 0 aliphatic carbocycles. The third-order valence-electron chi connectivity index (χ3n) is 2.17. The molecule has 0 saturated heterocycles. The van der Waals surface area contributed by atoms with E-state index >= 15 is 0 Å². The van der Waals surface area contributed by atoms with Crippen LogP contribution in [0.25, 0.3) is 0 Å². The number of nitrogens with one attached hydrogen (secondary N) is 1. The zero-order chi connectivity index (χ0) is 11.8. The molecule has 4 nitrogen and oxygen atoms in total. The summed E-state index contributed by atoms with van der Waals surface area (Å²) < 4.78 is 5.01. The zero-order valence-corrected chi connectivity index (χ0v) is 10.8. The smallest absolute Gasteiger partial charge is 0.251 e. The number of carbonyl (C=O) groups excluding carboxylic acids is 1. The predicted molar refractivity (Wildman–Crippen MR) is 70.4 cm³/mol. The first-order chi connectivity index (χ1) is 7.77. The summed E-state index contributed by atoms with van der Waals surface area (Å²) in [5.41, 5.74) is 7.00. The van der Waals surface area contributed by atoms with Crippen molar-refractivity contribution in [3.63, 3.8) is 0 Å². The van der Waals surface area contributed by atoms with Gasteiger partial charge in [-0.1, -0.05) is 12.1 Å². The Morgan fingerprint density at radius 3 is 2.88 bits per heavy atom. The second kappa shape index (κ2) is 8.98. The summed E-state index contributed by atoms with van der Waals surface area (Å²) in [5, 5.41) is 2.81. The highest BCUT2D eigenvalue weighted by atomic mass is 35.5. The van der Waals surface area contributed by atoms with E-state index in [1.54, 1.807) is 13.2 Å². The van der Waals surface area contributed by atoms with Crippen molar-refractivity contribution in [3.05, 3.63) is 35.4 Å². The standard InChI is InChI=1S/C12H18N2O2.ClH/c1-16-9-10-4-2-5-11(8-10)12(15)14-7-3-6-13;/h2,4-5,8H,3,6-7,9,13H2,1H3,(H,14,15);1H. The van der Waals surface area contributed by atoms with Gasteiger partial charge in [-0.05, 0) is 30.7 Å². The first-order valence-electron chi connectivity index (χ1n) is 5.34. The minimum Gasteiger partial charge on any atom is -0.380 e. The van der Waals surface area contributed by atoms with Crippen LogP contribution in [0.15, 0.2) is 24.3 Å². The average molecular weight is 259 g/mol. The third-order valence-corrected chi connectivity index (χ3v) is 2.17. The second-order valence-corrected chi connectivity index (χ2v) is 3.53. The van der Waals surface area contributed by atoms with E-state index < -0.39 is 0 Å². The highest BCUT2D eigenvalue weighted by molar-refractivity contribution is 5.94. The van der Waals surface area contributed by atoms with Crippen molar-refractivity contribution in [2.45, 2.75) is 13.0 Å². The lowest BCUT2D eigenvalue weighted by atomic mass is 10.1. The van der Waals surface area contributed by atoms with Crippen LogP contribution in [0.1, 0.15) is 22.3 Å². The van der Waals surface area contributed by atoms with Gasteiger partial charge in [0.1, 0.15) is 0 Å². The number of ether oxygens (including phenoxy) is 1. The lowest BCUT2D eigenvalue weighted by Gasteiger charge is -2.06. The van der Waals surface area contributed by atoms with Crippen LogP contribution in [0.2, 0.25) is 0 Å². The maximum absolute atomic E-state index is 11.7. The molecule has 1 aromatic rings. The van der Waals surface area contributed by atoms with Gasteiger partial charge in [0.25, 0.3) is 5.91 Å². The Hall–Kier alpha value is -1.10. The summed E-state index contributed by atoms with van der Waals surface area (Å²) >= 11 is 0. The van der Waals surface area contributed by atoms with Crippen molar-refractivity contribution >= 4 is 18.3 Å². The Morgan fingerprint density at radius 2 is 2.24 bits per heavy atom. The monoisotopic (exact) mass is 258 g/mol. The Morgan fingerprint density at radius 1 is 1.47 bits per heavy atom. The van der Waals surface area contributed by atoms with Crippen LogP contribution >= 0.6 is 12.4 Å². The lowest BCUT2D eigenvalue weighted by Crippen LogP contribution is -2.26. The summed E-state index contributed by atoms with van der Waals surface area (Å²) in [6.45, 7) is 1.72. The van der Waals surface area contributed by atoms with Crippen LogP contribution in [0.3, 0.4) is 0 Å². The Bertz CT molecular complexity index is 345. The molecule has 3 N–H and O–H groups in total. The van der Waals surface area contributed by atoms with Crippen molar-refractivity contribution in [2.24, 2.45) is 5.73 Å². The number of halogens is 1. The number of carbonyl (C=O) groups is 1. The molecule has 17 heavy (non-hydrogen) atoms. The number of hydrogen-bond acceptors (Lipinski definition) is 3. The van der Waals surface area contributed by atoms with E-state index in [9.17, 15) is 4.79 Å². The van der Waals surface area contributed by atoms with Crippen molar-refractivity contribution < 1.29 is 9.53 Å². The minimum absolute atomic E-state index is 0. The van der Waals surface area contributed by atoms with Gasteiger partial charge < -0.3 is 15.8 Å². The molecule has 0 heterocycles. The van der Waals surface area contributed by atoms with Gasteiger partial charge in [-0.15, -0.1) is 12.4 Å². The fourth-order valence-electron chi connectivity index (χ4n) is 1.38. The number of nitrogens with two attached hydrogens (primary N) is 1. The van der Waals surface area contributed by atoms with Crippen LogP contribution in [0.4, 0.5) is 0 Å². The van der Waals surface area contributed by atoms with Crippen LogP contribution in [-0.2, 0) is 11.3 Å². The molecule has 0 fully saturated rings. The van der Waals surface area contributed by atoms with Crippen molar-refractivity contribution in [1.82, 2.24) is 5.32 Å². The summed E-state index contributed by atoms with van der Waals surface area (Å²) in [4.78, 5) is 11.7. The molecular weight excluding hydrogens is 240 g/mol. The van der Waals surface area contributed by atoms with Gasteiger partial charge in [-0.2, -0.15) is 0 Å². The van der Waals surface area contributed by atoms with Gasteiger partial charge >= 0.3 is 0 Å². The molecule has 1 rings (SSSR count). The molecule has 0 bridgehead atoms. The average Bonchev–Trinajstić information content (AvgIpc) is 2.30. The number of benzene rings is 1. The van der Waals surface area contributed by atoms with Crippen LogP contribution < -0.4 is 11.1 Å². The van der Waals surface area contributed by atoms with Crippen molar-refractivity contribution in [2.75, 3.05) is 20.2 Å². The highest BCUT2D eigenvalue weighted by Crippen LogP contribution is 2.06. The summed E-state index contributed by atoms with van der Waals surface area (Å²) in [5.74, 6) is -0.0635. The predicted octanol–water partition coefficient (Wildman–Crippen LogP) is 1.33. The highest BCUT2D eigenvalue weighted by Gasteiger charge is 2.04. The number of hydrogen-bond donors (Lipinski definition) is 2. The molecule has 5 heteroatoms. The Balaban J connectivity index is 0.00000256. The van der Waals surface area contributed by atoms with Gasteiger partial charge in [-0.25, -0.2) is 0 Å². The first kappa shape index (κ1) is 15.9. The summed E-state index contributed by atoms with van der Waals surface area (Å²) in [6.07, 6.45) is 0.795. The molecule has 0 saturated carbocycles. The van der Waals surface area contributed by atoms with E-state index in [-0.39, 0.29) is 18.3 Å². The normalized spacial score (nSPS) is 9.53. The molecule has 0 atom stereocenters. The fraction of sp³-hybridized carbons (Fsp3) is 0.417. The van der Waals surface area contributed by atoms with Gasteiger partial charge in [0, 0.05) is 19.2 Å². The van der Waals surface area contributed by atoms with Gasteiger partial charge in [-0.3, -0.25) is 4.79 Å². The van der Waals surface area contributed by atoms with E-state index in [1.807, 2.05) is 18.2 Å². The van der Waals surface area contributed by atoms with E-state index in [2.05, 4.69) is 5.32 Å². The summed E-state index contributed by atoms with van der Waals surface area (Å²) in [7, 11) is 1.63. The Kier molecular flexibility index (Phi) is 8.40. The number of amides is 1. The van der Waals surface area contributed by atoms with Crippen molar-refractivity contribution in [1.29, 1.82) is 0 Å². The molecule has 0 aromatic heterocycles. The van der Waals surface area contributed by atoms with E-state index in [4.69, 9.17) is 10.5 Å². The van der Waals surface area contributed by atoms with Crippen LogP contribution in [-0.4, -0.2) is 26.1 Å². The molecule has 0 aliphatic heterocycles. The molecule has 96 valence electrons. The fourth-order valence-corrected chi connectivity index (χ4v) is 1.38. The quantitative estimate of drug-likeness (QED) is 0.757. The van der Waals surface area contributed by atoms with E-state index in [0.717, 1.165) is 12.0 Å². The van der Waals surface area contributed by atoms with Gasteiger partial charge in [0.15, 0.2) is 0 Å². The first-order valence-corrected chi connectivity index (χ1v) is 5.34. The molecule has 0 spiro atoms. The lowest BCUT2D eigenvalue weighted by molar-refractivity contribution is 0.0953. The molecule has 0 radical (unpaired) electrons. The SMILES string of the molecule is COCc1cccc(C(=O)NCCCN)c1.Cl. The zero-order valence-electron chi connectivity index (χ0n) is 9.94. The van der Waals surface area contributed by atoms with Crippen LogP contribution in [0.5, 0.6) is 0 Å². The number of rotatable bonds is 6. The van der Waals surface area contributed by atoms with E-state index in [1.165, 1.54) is 0 Å². The minimum atomic E-state index is -0.0635. The third kappa shape index (κ3) is 5.68.